The van der Waals surface area contributed by atoms with E-state index in [4.69, 9.17) is 4.74 Å². The van der Waals surface area contributed by atoms with E-state index in [0.717, 1.165) is 29.5 Å². The molecule has 0 atom stereocenters. The van der Waals surface area contributed by atoms with Crippen molar-refractivity contribution in [1.82, 2.24) is 9.88 Å². The normalized spacial score (nSPS) is 13.9. The molecule has 1 aliphatic carbocycles. The molecule has 1 aromatic heterocycles. The number of methoxy groups -OCH3 is 1. The number of pyridine rings is 1. The molecular formula is C18H20N2O2. The minimum Gasteiger partial charge on any atom is -0.380 e. The summed E-state index contributed by atoms with van der Waals surface area (Å²) >= 11 is 0. The maximum atomic E-state index is 12.8. The zero-order chi connectivity index (χ0) is 15.4. The maximum absolute atomic E-state index is 12.8. The Kier molecular flexibility index (Phi) is 4.49. The molecule has 1 fully saturated rings. The van der Waals surface area contributed by atoms with E-state index in [-0.39, 0.29) is 5.91 Å². The molecule has 0 N–H and O–H groups in total. The number of hydrogen-bond donors (Lipinski definition) is 0. The molecule has 1 saturated carbocycles. The molecule has 0 saturated heterocycles. The highest BCUT2D eigenvalue weighted by molar-refractivity contribution is 5.94. The molecule has 0 spiro atoms. The fourth-order valence-electron chi connectivity index (χ4n) is 2.51. The number of rotatable bonds is 6. The first kappa shape index (κ1) is 14.7. The summed E-state index contributed by atoms with van der Waals surface area (Å²) in [5.41, 5.74) is 2.93. The summed E-state index contributed by atoms with van der Waals surface area (Å²) in [7, 11) is 1.67. The van der Waals surface area contributed by atoms with Crippen LogP contribution in [-0.2, 0) is 17.9 Å². The lowest BCUT2D eigenvalue weighted by atomic mass is 10.1. The van der Waals surface area contributed by atoms with Gasteiger partial charge < -0.3 is 9.64 Å². The van der Waals surface area contributed by atoms with E-state index < -0.39 is 0 Å². The summed E-state index contributed by atoms with van der Waals surface area (Å²) in [4.78, 5) is 18.8. The second kappa shape index (κ2) is 6.71. The third kappa shape index (κ3) is 3.52. The lowest BCUT2D eigenvalue weighted by Gasteiger charge is -2.22. The molecule has 22 heavy (non-hydrogen) atoms. The predicted octanol–water partition coefficient (Wildman–Crippen LogP) is 3.03. The van der Waals surface area contributed by atoms with Crippen molar-refractivity contribution in [3.63, 3.8) is 0 Å². The monoisotopic (exact) mass is 296 g/mol. The van der Waals surface area contributed by atoms with E-state index in [1.807, 2.05) is 41.3 Å². The zero-order valence-corrected chi connectivity index (χ0v) is 12.7. The van der Waals surface area contributed by atoms with Gasteiger partial charge in [0.2, 0.25) is 0 Å². The van der Waals surface area contributed by atoms with Crippen molar-refractivity contribution in [3.8, 4) is 0 Å². The third-order valence-electron chi connectivity index (χ3n) is 3.86. The van der Waals surface area contributed by atoms with Gasteiger partial charge in [-0.05, 0) is 48.2 Å². The van der Waals surface area contributed by atoms with Crippen LogP contribution in [0.5, 0.6) is 0 Å². The van der Waals surface area contributed by atoms with Crippen LogP contribution in [0.3, 0.4) is 0 Å². The maximum Gasteiger partial charge on any atom is 0.254 e. The van der Waals surface area contributed by atoms with Gasteiger partial charge >= 0.3 is 0 Å². The summed E-state index contributed by atoms with van der Waals surface area (Å²) in [5, 5.41) is 0. The van der Waals surface area contributed by atoms with E-state index in [2.05, 4.69) is 4.98 Å². The fourth-order valence-corrected chi connectivity index (χ4v) is 2.51. The van der Waals surface area contributed by atoms with Gasteiger partial charge in [-0.25, -0.2) is 0 Å². The number of aromatic nitrogens is 1. The Balaban J connectivity index is 1.75. The minimum absolute atomic E-state index is 0.100. The molecule has 0 unspecified atom stereocenters. The molecule has 114 valence electrons. The summed E-state index contributed by atoms with van der Waals surface area (Å²) < 4.78 is 5.10. The van der Waals surface area contributed by atoms with Crippen molar-refractivity contribution in [2.45, 2.75) is 32.0 Å². The zero-order valence-electron chi connectivity index (χ0n) is 12.7. The summed E-state index contributed by atoms with van der Waals surface area (Å²) in [5.74, 6) is 0.100. The van der Waals surface area contributed by atoms with Crippen molar-refractivity contribution in [2.75, 3.05) is 7.11 Å². The number of ether oxygens (including phenoxy) is 1. The van der Waals surface area contributed by atoms with Crippen molar-refractivity contribution in [3.05, 3.63) is 65.5 Å². The summed E-state index contributed by atoms with van der Waals surface area (Å²) in [6.45, 7) is 1.21. The molecule has 0 radical (unpaired) electrons. The van der Waals surface area contributed by atoms with Crippen LogP contribution in [0.1, 0.15) is 34.3 Å². The van der Waals surface area contributed by atoms with Crippen LogP contribution in [0.4, 0.5) is 0 Å². The fraction of sp³-hybridized carbons (Fsp3) is 0.333. The van der Waals surface area contributed by atoms with Crippen molar-refractivity contribution in [1.29, 1.82) is 0 Å². The van der Waals surface area contributed by atoms with Gasteiger partial charge in [-0.1, -0.05) is 12.1 Å². The highest BCUT2D eigenvalue weighted by atomic mass is 16.5. The predicted molar refractivity (Wildman–Crippen MR) is 84.3 cm³/mol. The Morgan fingerprint density at radius 1 is 1.14 bits per heavy atom. The van der Waals surface area contributed by atoms with Crippen molar-refractivity contribution >= 4 is 5.91 Å². The van der Waals surface area contributed by atoms with Gasteiger partial charge in [0.15, 0.2) is 0 Å². The lowest BCUT2D eigenvalue weighted by molar-refractivity contribution is 0.0730. The van der Waals surface area contributed by atoms with Gasteiger partial charge in [0.05, 0.1) is 6.61 Å². The van der Waals surface area contributed by atoms with Crippen molar-refractivity contribution in [2.24, 2.45) is 0 Å². The number of nitrogens with zero attached hydrogens (tertiary/aromatic N) is 2. The van der Waals surface area contributed by atoms with Crippen LogP contribution >= 0.6 is 0 Å². The molecular weight excluding hydrogens is 276 g/mol. The van der Waals surface area contributed by atoms with E-state index in [1.165, 1.54) is 0 Å². The van der Waals surface area contributed by atoms with Gasteiger partial charge in [-0.2, -0.15) is 0 Å². The highest BCUT2D eigenvalue weighted by Gasteiger charge is 2.33. The summed E-state index contributed by atoms with van der Waals surface area (Å²) in [6, 6.07) is 12.0. The molecule has 4 heteroatoms. The second-order valence-corrected chi connectivity index (χ2v) is 5.65. The topological polar surface area (TPSA) is 42.4 Å². The van der Waals surface area contributed by atoms with Crippen LogP contribution in [0.2, 0.25) is 0 Å². The molecule has 1 amide bonds. The first-order valence-electron chi connectivity index (χ1n) is 7.55. The third-order valence-corrected chi connectivity index (χ3v) is 3.86. The summed E-state index contributed by atoms with van der Waals surface area (Å²) in [6.07, 6.45) is 5.73. The van der Waals surface area contributed by atoms with Crippen LogP contribution in [-0.4, -0.2) is 28.9 Å². The molecule has 0 aliphatic heterocycles. The Labute approximate surface area is 130 Å². The molecule has 1 heterocycles. The molecule has 1 aliphatic rings. The molecule has 4 nitrogen and oxygen atoms in total. The lowest BCUT2D eigenvalue weighted by Crippen LogP contribution is -2.32. The van der Waals surface area contributed by atoms with Crippen LogP contribution in [0.15, 0.2) is 48.8 Å². The first-order valence-corrected chi connectivity index (χ1v) is 7.55. The number of carbonyl (C=O) groups excluding carboxylic acids is 1. The SMILES string of the molecule is COCc1ccc(C(=O)N(Cc2ccncc2)C2CC2)cc1. The Morgan fingerprint density at radius 3 is 2.41 bits per heavy atom. The van der Waals surface area contributed by atoms with Crippen LogP contribution < -0.4 is 0 Å². The first-order chi connectivity index (χ1) is 10.8. The van der Waals surface area contributed by atoms with Crippen molar-refractivity contribution < 1.29 is 9.53 Å². The van der Waals surface area contributed by atoms with Crippen LogP contribution in [0.25, 0.3) is 0 Å². The number of amides is 1. The second-order valence-electron chi connectivity index (χ2n) is 5.65. The molecule has 3 rings (SSSR count). The van der Waals surface area contributed by atoms with E-state index in [1.54, 1.807) is 19.5 Å². The quantitative estimate of drug-likeness (QED) is 0.823. The Bertz CT molecular complexity index is 621. The van der Waals surface area contributed by atoms with E-state index in [9.17, 15) is 4.79 Å². The number of hydrogen-bond acceptors (Lipinski definition) is 3. The van der Waals surface area contributed by atoms with Gasteiger partial charge in [0.1, 0.15) is 0 Å². The van der Waals surface area contributed by atoms with E-state index in [0.29, 0.717) is 19.2 Å². The molecule has 0 bridgehead atoms. The van der Waals surface area contributed by atoms with E-state index >= 15 is 0 Å². The smallest absolute Gasteiger partial charge is 0.254 e. The van der Waals surface area contributed by atoms with Gasteiger partial charge in [-0.15, -0.1) is 0 Å². The van der Waals surface area contributed by atoms with Gasteiger partial charge in [-0.3, -0.25) is 9.78 Å². The number of carbonyl (C=O) groups is 1. The van der Waals surface area contributed by atoms with Gasteiger partial charge in [0.25, 0.3) is 5.91 Å². The average Bonchev–Trinajstić information content (AvgIpc) is 3.39. The number of benzene rings is 1. The average molecular weight is 296 g/mol. The van der Waals surface area contributed by atoms with Gasteiger partial charge in [0, 0.05) is 37.7 Å². The van der Waals surface area contributed by atoms with Crippen LogP contribution in [0, 0.1) is 0 Å². The highest BCUT2D eigenvalue weighted by Crippen LogP contribution is 2.29. The largest absolute Gasteiger partial charge is 0.380 e. The molecule has 2 aromatic rings. The standard InChI is InChI=1S/C18H20N2O2/c1-22-13-15-2-4-16(5-3-15)18(21)20(17-6-7-17)12-14-8-10-19-11-9-14/h2-5,8-11,17H,6-7,12-13H2,1H3. The molecule has 1 aromatic carbocycles. The Hall–Kier alpha value is -2.20. The Morgan fingerprint density at radius 2 is 1.82 bits per heavy atom. The minimum atomic E-state index is 0.100.